The second-order valence-corrected chi connectivity index (χ2v) is 6.80. The summed E-state index contributed by atoms with van der Waals surface area (Å²) in [6.45, 7) is 0.854. The van der Waals surface area contributed by atoms with Crippen LogP contribution in [0.5, 0.6) is 0 Å². The Labute approximate surface area is 129 Å². The smallest absolute Gasteiger partial charge is 0.227 e. The molecule has 2 nitrogen and oxygen atoms in total. The fourth-order valence-electron chi connectivity index (χ4n) is 3.50. The Kier molecular flexibility index (Phi) is 4.45. The van der Waals surface area contributed by atoms with E-state index in [4.69, 9.17) is 0 Å². The molecule has 3 rings (SSSR count). The lowest BCUT2D eigenvalue weighted by Gasteiger charge is -2.23. The average molecular weight is 336 g/mol. The van der Waals surface area contributed by atoms with Crippen LogP contribution in [0.25, 0.3) is 0 Å². The quantitative estimate of drug-likeness (QED) is 0.745. The van der Waals surface area contributed by atoms with Crippen LogP contribution in [-0.4, -0.2) is 17.8 Å². The lowest BCUT2D eigenvalue weighted by atomic mass is 9.84. The SMILES string of the molecule is O=C1CC(CBr)CN1c1ccc(C2CCCCC2)cc1. The summed E-state index contributed by atoms with van der Waals surface area (Å²) in [7, 11) is 0. The van der Waals surface area contributed by atoms with Gasteiger partial charge in [0.1, 0.15) is 0 Å². The van der Waals surface area contributed by atoms with Crippen LogP contribution >= 0.6 is 15.9 Å². The van der Waals surface area contributed by atoms with Crippen LogP contribution in [0.1, 0.15) is 50.0 Å². The largest absolute Gasteiger partial charge is 0.312 e. The van der Waals surface area contributed by atoms with Crippen molar-refractivity contribution in [2.24, 2.45) is 5.92 Å². The van der Waals surface area contributed by atoms with Gasteiger partial charge in [-0.25, -0.2) is 0 Å². The zero-order valence-corrected chi connectivity index (χ0v) is 13.4. The molecule has 1 aromatic carbocycles. The summed E-state index contributed by atoms with van der Waals surface area (Å²) in [5.41, 5.74) is 2.52. The first-order valence-corrected chi connectivity index (χ1v) is 8.86. The molecule has 1 aliphatic heterocycles. The molecule has 2 aliphatic rings. The molecule has 0 aromatic heterocycles. The zero-order chi connectivity index (χ0) is 13.9. The molecule has 0 bridgehead atoms. The minimum absolute atomic E-state index is 0.264. The van der Waals surface area contributed by atoms with Gasteiger partial charge in [-0.1, -0.05) is 47.3 Å². The summed E-state index contributed by atoms with van der Waals surface area (Å²) in [5, 5.41) is 0.912. The highest BCUT2D eigenvalue weighted by Crippen LogP contribution is 2.34. The van der Waals surface area contributed by atoms with Gasteiger partial charge in [-0.2, -0.15) is 0 Å². The van der Waals surface area contributed by atoms with Gasteiger partial charge >= 0.3 is 0 Å². The number of halogens is 1. The number of benzene rings is 1. The topological polar surface area (TPSA) is 20.3 Å². The molecule has 0 N–H and O–H groups in total. The molecule has 1 saturated carbocycles. The molecule has 2 fully saturated rings. The second kappa shape index (κ2) is 6.30. The van der Waals surface area contributed by atoms with E-state index in [0.717, 1.165) is 23.5 Å². The zero-order valence-electron chi connectivity index (χ0n) is 11.9. The monoisotopic (exact) mass is 335 g/mol. The Morgan fingerprint density at radius 2 is 1.80 bits per heavy atom. The van der Waals surface area contributed by atoms with Crippen LogP contribution in [0, 0.1) is 5.92 Å². The lowest BCUT2D eigenvalue weighted by Crippen LogP contribution is -2.24. The summed E-state index contributed by atoms with van der Waals surface area (Å²) in [6.07, 6.45) is 7.45. The second-order valence-electron chi connectivity index (χ2n) is 6.16. The third-order valence-electron chi connectivity index (χ3n) is 4.70. The van der Waals surface area contributed by atoms with E-state index in [1.807, 2.05) is 4.90 Å². The van der Waals surface area contributed by atoms with Crippen molar-refractivity contribution in [3.8, 4) is 0 Å². The van der Waals surface area contributed by atoms with Gasteiger partial charge in [-0.15, -0.1) is 0 Å². The van der Waals surface area contributed by atoms with Crippen LogP contribution in [0.4, 0.5) is 5.69 Å². The van der Waals surface area contributed by atoms with Crippen molar-refractivity contribution in [1.29, 1.82) is 0 Å². The molecular weight excluding hydrogens is 314 g/mol. The van der Waals surface area contributed by atoms with Crippen molar-refractivity contribution >= 4 is 27.5 Å². The fraction of sp³-hybridized carbons (Fsp3) is 0.588. The van der Waals surface area contributed by atoms with Gasteiger partial charge in [0.2, 0.25) is 5.91 Å². The Balaban J connectivity index is 1.71. The van der Waals surface area contributed by atoms with E-state index in [1.165, 1.54) is 37.7 Å². The van der Waals surface area contributed by atoms with Gasteiger partial charge in [0, 0.05) is 24.0 Å². The molecule has 1 aliphatic carbocycles. The van der Waals surface area contributed by atoms with E-state index < -0.39 is 0 Å². The normalized spacial score (nSPS) is 24.4. The van der Waals surface area contributed by atoms with Crippen molar-refractivity contribution in [2.75, 3.05) is 16.8 Å². The van der Waals surface area contributed by atoms with E-state index >= 15 is 0 Å². The molecule has 1 amide bonds. The highest BCUT2D eigenvalue weighted by molar-refractivity contribution is 9.09. The number of hydrogen-bond donors (Lipinski definition) is 0. The van der Waals surface area contributed by atoms with E-state index in [-0.39, 0.29) is 5.91 Å². The van der Waals surface area contributed by atoms with E-state index in [9.17, 15) is 4.79 Å². The lowest BCUT2D eigenvalue weighted by molar-refractivity contribution is -0.117. The maximum atomic E-state index is 12.0. The molecule has 1 heterocycles. The molecule has 3 heteroatoms. The van der Waals surface area contributed by atoms with Crippen LogP contribution in [-0.2, 0) is 4.79 Å². The van der Waals surface area contributed by atoms with Crippen LogP contribution in [0.15, 0.2) is 24.3 Å². The Morgan fingerprint density at radius 3 is 2.40 bits per heavy atom. The number of carbonyl (C=O) groups excluding carboxylic acids is 1. The minimum atomic E-state index is 0.264. The Morgan fingerprint density at radius 1 is 1.10 bits per heavy atom. The first kappa shape index (κ1) is 14.1. The predicted octanol–water partition coefficient (Wildman–Crippen LogP) is 4.48. The number of carbonyl (C=O) groups is 1. The van der Waals surface area contributed by atoms with Crippen LogP contribution in [0.2, 0.25) is 0 Å². The summed E-state index contributed by atoms with van der Waals surface area (Å²) >= 11 is 3.49. The highest BCUT2D eigenvalue weighted by atomic mass is 79.9. The number of anilines is 1. The van der Waals surface area contributed by atoms with Crippen molar-refractivity contribution in [2.45, 2.75) is 44.4 Å². The highest BCUT2D eigenvalue weighted by Gasteiger charge is 2.29. The van der Waals surface area contributed by atoms with Gasteiger partial charge in [0.05, 0.1) is 0 Å². The molecule has 1 atom stereocenters. The van der Waals surface area contributed by atoms with Crippen molar-refractivity contribution in [3.05, 3.63) is 29.8 Å². The standard InChI is InChI=1S/C17H22BrNO/c18-11-13-10-17(20)19(12-13)16-8-6-15(7-9-16)14-4-2-1-3-5-14/h6-9,13-14H,1-5,10-12H2. The van der Waals surface area contributed by atoms with Gasteiger partial charge in [0.15, 0.2) is 0 Å². The maximum absolute atomic E-state index is 12.0. The summed E-state index contributed by atoms with van der Waals surface area (Å²) in [5.74, 6) is 1.46. The van der Waals surface area contributed by atoms with Crippen LogP contribution < -0.4 is 4.90 Å². The number of nitrogens with zero attached hydrogens (tertiary/aromatic N) is 1. The van der Waals surface area contributed by atoms with Crippen molar-refractivity contribution in [3.63, 3.8) is 0 Å². The molecule has 1 saturated heterocycles. The van der Waals surface area contributed by atoms with Gasteiger partial charge < -0.3 is 4.90 Å². The molecule has 0 radical (unpaired) electrons. The molecular formula is C17H22BrNO. The minimum Gasteiger partial charge on any atom is -0.312 e. The number of rotatable bonds is 3. The average Bonchev–Trinajstić information content (AvgIpc) is 2.89. The molecule has 1 unspecified atom stereocenters. The molecule has 0 spiro atoms. The van der Waals surface area contributed by atoms with Crippen LogP contribution in [0.3, 0.4) is 0 Å². The van der Waals surface area contributed by atoms with Gasteiger partial charge in [-0.3, -0.25) is 4.79 Å². The van der Waals surface area contributed by atoms with Crippen molar-refractivity contribution < 1.29 is 4.79 Å². The number of amides is 1. The predicted molar refractivity (Wildman–Crippen MR) is 86.5 cm³/mol. The summed E-state index contributed by atoms with van der Waals surface area (Å²) < 4.78 is 0. The Hall–Kier alpha value is -0.830. The molecule has 108 valence electrons. The third kappa shape index (κ3) is 2.93. The van der Waals surface area contributed by atoms with Crippen molar-refractivity contribution in [1.82, 2.24) is 0 Å². The van der Waals surface area contributed by atoms with Gasteiger partial charge in [0.25, 0.3) is 0 Å². The van der Waals surface area contributed by atoms with E-state index in [1.54, 1.807) is 0 Å². The summed E-state index contributed by atoms with van der Waals surface area (Å²) in [4.78, 5) is 14.0. The first-order chi connectivity index (χ1) is 9.78. The fourth-order valence-corrected chi connectivity index (χ4v) is 3.93. The molecule has 20 heavy (non-hydrogen) atoms. The third-order valence-corrected chi connectivity index (χ3v) is 5.62. The summed E-state index contributed by atoms with van der Waals surface area (Å²) in [6, 6.07) is 8.75. The van der Waals surface area contributed by atoms with E-state index in [2.05, 4.69) is 40.2 Å². The first-order valence-electron chi connectivity index (χ1n) is 7.74. The number of alkyl halides is 1. The Bertz CT molecular complexity index is 464. The van der Waals surface area contributed by atoms with E-state index in [0.29, 0.717) is 12.3 Å². The van der Waals surface area contributed by atoms with Gasteiger partial charge in [-0.05, 0) is 42.4 Å². The maximum Gasteiger partial charge on any atom is 0.227 e. The molecule has 1 aromatic rings. The number of hydrogen-bond acceptors (Lipinski definition) is 1.